The van der Waals surface area contributed by atoms with Gasteiger partial charge < -0.3 is 30.1 Å². The maximum Gasteiger partial charge on any atom is 0.433 e. The number of amides is 3. The first-order valence-corrected chi connectivity index (χ1v) is 14.2. The van der Waals surface area contributed by atoms with Crippen molar-refractivity contribution in [1.82, 2.24) is 24.4 Å². The van der Waals surface area contributed by atoms with Crippen LogP contribution >= 0.6 is 0 Å². The third-order valence-electron chi connectivity index (χ3n) is 7.67. The van der Waals surface area contributed by atoms with E-state index in [9.17, 15) is 22.8 Å². The highest BCUT2D eigenvalue weighted by Crippen LogP contribution is 2.34. The van der Waals surface area contributed by atoms with Crippen LogP contribution in [-0.4, -0.2) is 95.9 Å². The zero-order chi connectivity index (χ0) is 30.8. The van der Waals surface area contributed by atoms with Crippen molar-refractivity contribution >= 4 is 34.6 Å². The normalized spacial score (nSPS) is 16.3. The molecule has 11 nitrogen and oxygen atoms in total. The second kappa shape index (κ2) is 12.1. The number of halogens is 3. The number of fused-ring (bicyclic) bond motifs is 1. The molecule has 0 saturated carbocycles. The molecule has 6 rings (SSSR count). The number of aromatic nitrogens is 3. The number of nitrogens with one attached hydrogen (secondary N) is 2. The molecule has 0 spiro atoms. The largest absolute Gasteiger partial charge is 0.433 e. The van der Waals surface area contributed by atoms with E-state index in [4.69, 9.17) is 4.74 Å². The number of anilines is 3. The van der Waals surface area contributed by atoms with Crippen LogP contribution in [0.1, 0.15) is 16.1 Å². The molecule has 230 valence electrons. The van der Waals surface area contributed by atoms with Crippen molar-refractivity contribution in [3.05, 3.63) is 71.9 Å². The fourth-order valence-electron chi connectivity index (χ4n) is 5.21. The topological polar surface area (TPSA) is 107 Å². The van der Waals surface area contributed by atoms with Crippen molar-refractivity contribution in [1.29, 1.82) is 0 Å². The summed E-state index contributed by atoms with van der Waals surface area (Å²) in [5, 5.41) is 9.70. The highest BCUT2D eigenvalue weighted by molar-refractivity contribution is 6.00. The lowest BCUT2D eigenvalue weighted by atomic mass is 10.1. The number of hydrogen-bond acceptors (Lipinski definition) is 7. The van der Waals surface area contributed by atoms with E-state index in [0.717, 1.165) is 23.7 Å². The molecule has 2 fully saturated rings. The molecular formula is C30H31F3N8O3. The van der Waals surface area contributed by atoms with Crippen molar-refractivity contribution in [2.24, 2.45) is 0 Å². The molecule has 3 amide bonds. The Bertz CT molecular complexity index is 1640. The summed E-state index contributed by atoms with van der Waals surface area (Å²) < 4.78 is 47.6. The predicted molar refractivity (Wildman–Crippen MR) is 159 cm³/mol. The summed E-state index contributed by atoms with van der Waals surface area (Å²) in [6.45, 7) is 4.88. The van der Waals surface area contributed by atoms with Gasteiger partial charge in [-0.05, 0) is 67.7 Å². The molecule has 0 radical (unpaired) electrons. The van der Waals surface area contributed by atoms with Crippen LogP contribution in [0.5, 0.6) is 0 Å². The number of benzene rings is 2. The zero-order valence-electron chi connectivity index (χ0n) is 24.0. The van der Waals surface area contributed by atoms with E-state index in [2.05, 4.69) is 25.6 Å². The number of rotatable bonds is 5. The van der Waals surface area contributed by atoms with E-state index in [1.54, 1.807) is 48.5 Å². The van der Waals surface area contributed by atoms with Gasteiger partial charge in [-0.15, -0.1) is 5.10 Å². The average molecular weight is 609 g/mol. The maximum atomic E-state index is 13.8. The highest BCUT2D eigenvalue weighted by Gasteiger charge is 2.35. The van der Waals surface area contributed by atoms with Crippen LogP contribution in [0.15, 0.2) is 60.7 Å². The Labute approximate surface area is 251 Å². The van der Waals surface area contributed by atoms with Gasteiger partial charge in [-0.25, -0.2) is 14.3 Å². The molecule has 2 N–H and O–H groups in total. The van der Waals surface area contributed by atoms with Crippen molar-refractivity contribution in [3.63, 3.8) is 0 Å². The Balaban J connectivity index is 1.15. The van der Waals surface area contributed by atoms with E-state index in [0.29, 0.717) is 67.7 Å². The molecule has 14 heteroatoms. The SMILES string of the molecule is CN1CCN(C(=O)c2ccc(NC(=O)Nc3ccc(-c4nc(N5CCOCC5)c5ccc(C(F)(F)F)n5n4)cc3)cc2)CC1. The minimum Gasteiger partial charge on any atom is -0.378 e. The minimum atomic E-state index is -4.60. The molecule has 2 aromatic carbocycles. The van der Waals surface area contributed by atoms with Gasteiger partial charge in [0.15, 0.2) is 11.6 Å². The first kappa shape index (κ1) is 29.4. The zero-order valence-corrected chi connectivity index (χ0v) is 24.0. The predicted octanol–water partition coefficient (Wildman–Crippen LogP) is 4.28. The molecule has 2 saturated heterocycles. The number of carbonyl (C=O) groups is 2. The third-order valence-corrected chi connectivity index (χ3v) is 7.67. The van der Waals surface area contributed by atoms with Crippen molar-refractivity contribution in [3.8, 4) is 11.4 Å². The Morgan fingerprint density at radius 2 is 1.43 bits per heavy atom. The molecule has 44 heavy (non-hydrogen) atoms. The molecule has 2 aliphatic heterocycles. The van der Waals surface area contributed by atoms with Gasteiger partial charge in [-0.1, -0.05) is 0 Å². The van der Waals surface area contributed by atoms with E-state index in [1.807, 2.05) is 16.8 Å². The fraction of sp³-hybridized carbons (Fsp3) is 0.333. The van der Waals surface area contributed by atoms with Crippen LogP contribution in [0.3, 0.4) is 0 Å². The Morgan fingerprint density at radius 3 is 2.05 bits per heavy atom. The Hall–Kier alpha value is -4.69. The van der Waals surface area contributed by atoms with Crippen LogP contribution in [0.2, 0.25) is 0 Å². The fourth-order valence-corrected chi connectivity index (χ4v) is 5.21. The van der Waals surface area contributed by atoms with Gasteiger partial charge in [0.05, 0.1) is 13.2 Å². The third kappa shape index (κ3) is 6.31. The monoisotopic (exact) mass is 608 g/mol. The average Bonchev–Trinajstić information content (AvgIpc) is 3.47. The minimum absolute atomic E-state index is 0.0409. The second-order valence-electron chi connectivity index (χ2n) is 10.7. The summed E-state index contributed by atoms with van der Waals surface area (Å²) in [6.07, 6.45) is -4.60. The number of carbonyl (C=O) groups excluding carboxylic acids is 2. The first-order valence-electron chi connectivity index (χ1n) is 14.2. The quantitative estimate of drug-likeness (QED) is 0.348. The van der Waals surface area contributed by atoms with Crippen molar-refractivity contribution in [2.75, 3.05) is 75.1 Å². The number of piperazine rings is 1. The lowest BCUT2D eigenvalue weighted by molar-refractivity contribution is -0.142. The maximum absolute atomic E-state index is 13.8. The number of morpholine rings is 1. The number of likely N-dealkylation sites (N-methyl/N-ethyl adjacent to an activating group) is 1. The summed E-state index contributed by atoms with van der Waals surface area (Å²) >= 11 is 0. The molecule has 4 aromatic rings. The summed E-state index contributed by atoms with van der Waals surface area (Å²) in [5.41, 5.74) is 1.37. The second-order valence-corrected chi connectivity index (χ2v) is 10.7. The van der Waals surface area contributed by atoms with Gasteiger partial charge in [0.25, 0.3) is 5.91 Å². The lowest BCUT2D eigenvalue weighted by Crippen LogP contribution is -2.47. The van der Waals surface area contributed by atoms with Crippen LogP contribution < -0.4 is 15.5 Å². The van der Waals surface area contributed by atoms with E-state index in [1.165, 1.54) is 6.07 Å². The van der Waals surface area contributed by atoms with Gasteiger partial charge in [0.1, 0.15) is 11.2 Å². The summed E-state index contributed by atoms with van der Waals surface area (Å²) in [4.78, 5) is 35.9. The van der Waals surface area contributed by atoms with Gasteiger partial charge >= 0.3 is 12.2 Å². The lowest BCUT2D eigenvalue weighted by Gasteiger charge is -2.32. The molecule has 0 atom stereocenters. The van der Waals surface area contributed by atoms with Crippen LogP contribution in [0.25, 0.3) is 16.9 Å². The van der Waals surface area contributed by atoms with E-state index in [-0.39, 0.29) is 17.2 Å². The van der Waals surface area contributed by atoms with Gasteiger partial charge in [0.2, 0.25) is 0 Å². The summed E-state index contributed by atoms with van der Waals surface area (Å²) in [6, 6.07) is 15.1. The molecule has 2 aliphatic rings. The molecular weight excluding hydrogens is 577 g/mol. The van der Waals surface area contributed by atoms with Gasteiger partial charge in [0, 0.05) is 61.8 Å². The number of ether oxygens (including phenoxy) is 1. The van der Waals surface area contributed by atoms with Crippen LogP contribution in [0, 0.1) is 0 Å². The van der Waals surface area contributed by atoms with Crippen LogP contribution in [-0.2, 0) is 10.9 Å². The molecule has 0 unspecified atom stereocenters. The van der Waals surface area contributed by atoms with Gasteiger partial charge in [-0.2, -0.15) is 13.2 Å². The van der Waals surface area contributed by atoms with Gasteiger partial charge in [-0.3, -0.25) is 4.79 Å². The summed E-state index contributed by atoms with van der Waals surface area (Å²) in [7, 11) is 2.03. The van der Waals surface area contributed by atoms with E-state index < -0.39 is 17.9 Å². The number of alkyl halides is 3. The van der Waals surface area contributed by atoms with Crippen molar-refractivity contribution in [2.45, 2.75) is 6.18 Å². The molecule has 4 heterocycles. The standard InChI is InChI=1S/C30H31F3N8O3/c1-38-12-14-40(15-13-38)28(42)21-4-8-23(9-5-21)35-29(43)34-22-6-2-20(3-7-22)26-36-27(39-16-18-44-19-17-39)24-10-11-25(30(31,32)33)41(24)37-26/h2-11H,12-19H2,1H3,(H2,34,35,43). The first-order chi connectivity index (χ1) is 21.2. The summed E-state index contributed by atoms with van der Waals surface area (Å²) in [5.74, 6) is 0.468. The van der Waals surface area contributed by atoms with E-state index >= 15 is 0 Å². The van der Waals surface area contributed by atoms with Crippen LogP contribution in [0.4, 0.5) is 35.2 Å². The number of hydrogen-bond donors (Lipinski definition) is 2. The number of nitrogens with zero attached hydrogens (tertiary/aromatic N) is 6. The van der Waals surface area contributed by atoms with Crippen molar-refractivity contribution < 1.29 is 27.5 Å². The highest BCUT2D eigenvalue weighted by atomic mass is 19.4. The molecule has 0 aliphatic carbocycles. The number of urea groups is 1. The Kier molecular flexibility index (Phi) is 8.10. The molecule has 0 bridgehead atoms. The smallest absolute Gasteiger partial charge is 0.378 e. The Morgan fingerprint density at radius 1 is 0.818 bits per heavy atom. The molecule has 2 aromatic heterocycles.